The molecule has 0 amide bonds. The molecule has 1 aromatic heterocycles. The van der Waals surface area contributed by atoms with Crippen LogP contribution in [0.25, 0.3) is 0 Å². The van der Waals surface area contributed by atoms with Gasteiger partial charge in [-0.1, -0.05) is 6.07 Å². The van der Waals surface area contributed by atoms with E-state index in [9.17, 15) is 0 Å². The van der Waals surface area contributed by atoms with Gasteiger partial charge < -0.3 is 15.2 Å². The van der Waals surface area contributed by atoms with Gasteiger partial charge in [-0.25, -0.2) is 0 Å². The molecule has 0 saturated carbocycles. The number of methoxy groups -OCH3 is 1. The molecule has 0 aliphatic rings. The van der Waals surface area contributed by atoms with Crippen LogP contribution in [0.3, 0.4) is 0 Å². The minimum absolute atomic E-state index is 0.549. The second kappa shape index (κ2) is 5.91. The number of aromatic nitrogens is 1. The third-order valence-corrected chi connectivity index (χ3v) is 2.56. The highest BCUT2D eigenvalue weighted by atomic mass is 16.5. The molecule has 1 aromatic carbocycles. The minimum atomic E-state index is 0.549. The standard InChI is InChI=1S/C14H16N2O2/c1-17-12-5-6-14(13(15)10-12)18-9-7-11-4-2-3-8-16-11/h2-6,8,10H,7,9,15H2,1H3. The zero-order valence-electron chi connectivity index (χ0n) is 10.3. The molecule has 18 heavy (non-hydrogen) atoms. The van der Waals surface area contributed by atoms with Crippen LogP contribution in [0.15, 0.2) is 42.6 Å². The number of rotatable bonds is 5. The molecule has 0 aliphatic heterocycles. The highest BCUT2D eigenvalue weighted by molar-refractivity contribution is 5.56. The maximum absolute atomic E-state index is 5.86. The number of hydrogen-bond acceptors (Lipinski definition) is 4. The molecule has 1 heterocycles. The van der Waals surface area contributed by atoms with Crippen LogP contribution in [-0.4, -0.2) is 18.7 Å². The van der Waals surface area contributed by atoms with E-state index in [1.54, 1.807) is 19.4 Å². The third kappa shape index (κ3) is 3.13. The molecule has 0 fully saturated rings. The van der Waals surface area contributed by atoms with E-state index in [0.29, 0.717) is 18.0 Å². The van der Waals surface area contributed by atoms with E-state index < -0.39 is 0 Å². The molecule has 0 spiro atoms. The SMILES string of the molecule is COc1ccc(OCCc2ccccn2)c(N)c1. The van der Waals surface area contributed by atoms with Gasteiger partial charge in [0.25, 0.3) is 0 Å². The van der Waals surface area contributed by atoms with Crippen molar-refractivity contribution >= 4 is 5.69 Å². The Hall–Kier alpha value is -2.23. The van der Waals surface area contributed by atoms with Crippen molar-refractivity contribution < 1.29 is 9.47 Å². The molecule has 0 saturated heterocycles. The Morgan fingerprint density at radius 2 is 2.11 bits per heavy atom. The largest absolute Gasteiger partial charge is 0.497 e. The van der Waals surface area contributed by atoms with E-state index in [1.807, 2.05) is 30.3 Å². The van der Waals surface area contributed by atoms with Gasteiger partial charge in [-0.2, -0.15) is 0 Å². The van der Waals surface area contributed by atoms with Crippen LogP contribution in [0.2, 0.25) is 0 Å². The van der Waals surface area contributed by atoms with Gasteiger partial charge in [-0.3, -0.25) is 4.98 Å². The van der Waals surface area contributed by atoms with Crippen molar-refractivity contribution in [3.63, 3.8) is 0 Å². The summed E-state index contributed by atoms with van der Waals surface area (Å²) in [5.41, 5.74) is 7.44. The van der Waals surface area contributed by atoms with Crippen molar-refractivity contribution in [3.8, 4) is 11.5 Å². The first-order valence-corrected chi connectivity index (χ1v) is 5.76. The van der Waals surface area contributed by atoms with Crippen LogP contribution in [0.5, 0.6) is 11.5 Å². The molecular weight excluding hydrogens is 228 g/mol. The molecule has 4 heteroatoms. The van der Waals surface area contributed by atoms with Crippen LogP contribution < -0.4 is 15.2 Å². The second-order valence-electron chi connectivity index (χ2n) is 3.82. The lowest BCUT2D eigenvalue weighted by atomic mass is 10.2. The Morgan fingerprint density at radius 1 is 1.22 bits per heavy atom. The predicted molar refractivity (Wildman–Crippen MR) is 70.8 cm³/mol. The lowest BCUT2D eigenvalue weighted by Gasteiger charge is -2.09. The predicted octanol–water partition coefficient (Wildman–Crippen LogP) is 2.29. The Balaban J connectivity index is 1.91. The number of ether oxygens (including phenoxy) is 2. The van der Waals surface area contributed by atoms with Gasteiger partial charge in [0.05, 0.1) is 19.4 Å². The molecule has 0 radical (unpaired) electrons. The normalized spacial score (nSPS) is 10.1. The highest BCUT2D eigenvalue weighted by Crippen LogP contribution is 2.26. The van der Waals surface area contributed by atoms with Gasteiger partial charge in [-0.05, 0) is 24.3 Å². The average Bonchev–Trinajstić information content (AvgIpc) is 2.42. The molecule has 0 aliphatic carbocycles. The lowest BCUT2D eigenvalue weighted by molar-refractivity contribution is 0.321. The fourth-order valence-corrected chi connectivity index (χ4v) is 1.60. The molecule has 0 atom stereocenters. The first-order valence-electron chi connectivity index (χ1n) is 5.76. The maximum atomic E-state index is 5.86. The Morgan fingerprint density at radius 3 is 2.78 bits per heavy atom. The molecular formula is C14H16N2O2. The number of anilines is 1. The van der Waals surface area contributed by atoms with Crippen LogP contribution in [0, 0.1) is 0 Å². The zero-order valence-corrected chi connectivity index (χ0v) is 10.3. The van der Waals surface area contributed by atoms with Crippen molar-refractivity contribution in [3.05, 3.63) is 48.3 Å². The van der Waals surface area contributed by atoms with Gasteiger partial charge in [0, 0.05) is 24.4 Å². The maximum Gasteiger partial charge on any atom is 0.142 e. The quantitative estimate of drug-likeness (QED) is 0.820. The fourth-order valence-electron chi connectivity index (χ4n) is 1.60. The molecule has 2 aromatic rings. The monoisotopic (exact) mass is 244 g/mol. The van der Waals surface area contributed by atoms with Crippen LogP contribution >= 0.6 is 0 Å². The van der Waals surface area contributed by atoms with Crippen molar-refractivity contribution in [1.29, 1.82) is 0 Å². The summed E-state index contributed by atoms with van der Waals surface area (Å²) < 4.78 is 10.7. The number of nitrogen functional groups attached to an aromatic ring is 1. The number of benzene rings is 1. The van der Waals surface area contributed by atoms with Crippen molar-refractivity contribution in [2.24, 2.45) is 0 Å². The van der Waals surface area contributed by atoms with E-state index >= 15 is 0 Å². The summed E-state index contributed by atoms with van der Waals surface area (Å²) in [6, 6.07) is 11.2. The molecule has 2 rings (SSSR count). The molecule has 4 nitrogen and oxygen atoms in total. The summed E-state index contributed by atoms with van der Waals surface area (Å²) >= 11 is 0. The minimum Gasteiger partial charge on any atom is -0.497 e. The van der Waals surface area contributed by atoms with E-state index in [0.717, 1.165) is 17.9 Å². The summed E-state index contributed by atoms with van der Waals surface area (Å²) in [6.07, 6.45) is 2.53. The van der Waals surface area contributed by atoms with Crippen LogP contribution in [0.4, 0.5) is 5.69 Å². The number of hydrogen-bond donors (Lipinski definition) is 1. The average molecular weight is 244 g/mol. The van der Waals surface area contributed by atoms with Gasteiger partial charge in [0.1, 0.15) is 11.5 Å². The first kappa shape index (κ1) is 12.2. The summed E-state index contributed by atoms with van der Waals surface area (Å²) in [5.74, 6) is 1.40. The molecule has 0 bridgehead atoms. The van der Waals surface area contributed by atoms with Crippen molar-refractivity contribution in [2.45, 2.75) is 6.42 Å². The summed E-state index contributed by atoms with van der Waals surface area (Å²) in [7, 11) is 1.61. The second-order valence-corrected chi connectivity index (χ2v) is 3.82. The Kier molecular flexibility index (Phi) is 4.02. The van der Waals surface area contributed by atoms with Gasteiger partial charge >= 0.3 is 0 Å². The van der Waals surface area contributed by atoms with E-state index in [4.69, 9.17) is 15.2 Å². The molecule has 94 valence electrons. The number of pyridine rings is 1. The van der Waals surface area contributed by atoms with Crippen LogP contribution in [0.1, 0.15) is 5.69 Å². The van der Waals surface area contributed by atoms with E-state index in [2.05, 4.69) is 4.98 Å². The van der Waals surface area contributed by atoms with Gasteiger partial charge in [0.2, 0.25) is 0 Å². The van der Waals surface area contributed by atoms with Crippen molar-refractivity contribution in [1.82, 2.24) is 4.98 Å². The fraction of sp³-hybridized carbons (Fsp3) is 0.214. The van der Waals surface area contributed by atoms with Crippen molar-refractivity contribution in [2.75, 3.05) is 19.5 Å². The summed E-state index contributed by atoms with van der Waals surface area (Å²) in [4.78, 5) is 4.23. The third-order valence-electron chi connectivity index (χ3n) is 2.56. The Bertz CT molecular complexity index is 500. The van der Waals surface area contributed by atoms with E-state index in [-0.39, 0.29) is 0 Å². The Labute approximate surface area is 106 Å². The number of nitrogens with two attached hydrogens (primary N) is 1. The topological polar surface area (TPSA) is 57.4 Å². The molecule has 2 N–H and O–H groups in total. The lowest BCUT2D eigenvalue weighted by Crippen LogP contribution is -2.04. The summed E-state index contributed by atoms with van der Waals surface area (Å²) in [6.45, 7) is 0.549. The van der Waals surface area contributed by atoms with Gasteiger partial charge in [-0.15, -0.1) is 0 Å². The van der Waals surface area contributed by atoms with Gasteiger partial charge in [0.15, 0.2) is 0 Å². The first-order chi connectivity index (χ1) is 8.79. The van der Waals surface area contributed by atoms with E-state index in [1.165, 1.54) is 0 Å². The summed E-state index contributed by atoms with van der Waals surface area (Å²) in [5, 5.41) is 0. The smallest absolute Gasteiger partial charge is 0.142 e. The molecule has 0 unspecified atom stereocenters. The highest BCUT2D eigenvalue weighted by Gasteiger charge is 2.02. The number of nitrogens with zero attached hydrogens (tertiary/aromatic N) is 1. The zero-order chi connectivity index (χ0) is 12.8. The van der Waals surface area contributed by atoms with Crippen LogP contribution in [-0.2, 0) is 6.42 Å².